The van der Waals surface area contributed by atoms with Gasteiger partial charge in [0.2, 0.25) is 0 Å². The van der Waals surface area contributed by atoms with E-state index in [0.717, 1.165) is 38.5 Å². The lowest BCUT2D eigenvalue weighted by Gasteiger charge is -2.31. The molecule has 0 heterocycles. The number of nitrogens with zero attached hydrogens (tertiary/aromatic N) is 1. The van der Waals surface area contributed by atoms with Crippen molar-refractivity contribution in [3.8, 4) is 0 Å². The molecule has 0 spiro atoms. The molecule has 0 fully saturated rings. The van der Waals surface area contributed by atoms with Gasteiger partial charge < -0.3 is 23.8 Å². The van der Waals surface area contributed by atoms with E-state index in [1.54, 1.807) is 0 Å². The number of allylic oxidation sites excluding steroid dienone is 2. The molecule has 2 atom stereocenters. The molecule has 0 aromatic rings. The third kappa shape index (κ3) is 41.2. The number of likely N-dealkylation sites (N-methyl/N-ethyl adjacent to an activating group) is 1. The zero-order chi connectivity index (χ0) is 43.5. The first-order valence-electron chi connectivity index (χ1n) is 25.2. The number of unbranched alkanes of at least 4 members (excludes halogenated alkanes) is 30. The summed E-state index contributed by atoms with van der Waals surface area (Å²) in [7, 11) is 5.54. The van der Waals surface area contributed by atoms with E-state index < -0.39 is 18.1 Å². The topological polar surface area (TPSA) is 99.1 Å². The molecule has 0 aromatic carbocycles. The van der Waals surface area contributed by atoms with Crippen molar-refractivity contribution in [2.45, 2.75) is 257 Å². The molecule has 59 heavy (non-hydrogen) atoms. The minimum absolute atomic E-state index is 0.0469. The van der Waals surface area contributed by atoms with Gasteiger partial charge in [-0.2, -0.15) is 0 Å². The van der Waals surface area contributed by atoms with Crippen molar-refractivity contribution in [2.24, 2.45) is 0 Å². The summed E-state index contributed by atoms with van der Waals surface area (Å²) in [6.07, 6.45) is 46.8. The molecule has 8 nitrogen and oxygen atoms in total. The molecule has 348 valence electrons. The Labute approximate surface area is 365 Å². The number of hydrogen-bond acceptors (Lipinski definition) is 6. The van der Waals surface area contributed by atoms with Gasteiger partial charge in [0.1, 0.15) is 6.61 Å². The van der Waals surface area contributed by atoms with Crippen LogP contribution in [0, 0.1) is 0 Å². The number of carbonyl (C=O) groups excluding carboxylic acids is 2. The molecule has 0 saturated heterocycles. The second kappa shape index (κ2) is 42.7. The number of carboxylic acids is 1. The maximum atomic E-state index is 12.8. The average molecular weight is 837 g/mol. The number of ether oxygens (including phenoxy) is 3. The highest BCUT2D eigenvalue weighted by molar-refractivity contribution is 5.72. The fourth-order valence-electron chi connectivity index (χ4n) is 7.74. The van der Waals surface area contributed by atoms with Crippen LogP contribution in [0.4, 0.5) is 0 Å². The van der Waals surface area contributed by atoms with Crippen molar-refractivity contribution in [2.75, 3.05) is 41.0 Å². The van der Waals surface area contributed by atoms with E-state index in [2.05, 4.69) is 26.0 Å². The Morgan fingerprint density at radius 2 is 0.847 bits per heavy atom. The first-order valence-corrected chi connectivity index (χ1v) is 25.2. The molecule has 2 unspecified atom stereocenters. The van der Waals surface area contributed by atoms with E-state index in [9.17, 15) is 19.5 Å². The Balaban J connectivity index is 4.22. The fraction of sp³-hybridized carbons (Fsp3) is 0.902. The predicted molar refractivity (Wildman–Crippen MR) is 248 cm³/mol. The van der Waals surface area contributed by atoms with Crippen LogP contribution >= 0.6 is 0 Å². The Hall–Kier alpha value is -1.93. The lowest BCUT2D eigenvalue weighted by Crippen LogP contribution is -2.50. The summed E-state index contributed by atoms with van der Waals surface area (Å²) in [5.74, 6) is -1.45. The van der Waals surface area contributed by atoms with Gasteiger partial charge in [-0.15, -0.1) is 0 Å². The van der Waals surface area contributed by atoms with E-state index in [0.29, 0.717) is 19.3 Å². The van der Waals surface area contributed by atoms with Gasteiger partial charge in [-0.3, -0.25) is 9.59 Å². The van der Waals surface area contributed by atoms with Crippen molar-refractivity contribution in [3.05, 3.63) is 12.2 Å². The lowest BCUT2D eigenvalue weighted by molar-refractivity contribution is -0.887. The zero-order valence-corrected chi connectivity index (χ0v) is 39.7. The summed E-state index contributed by atoms with van der Waals surface area (Å²) in [6, 6.07) is -0.611. The summed E-state index contributed by atoms with van der Waals surface area (Å²) in [5, 5.41) is 9.64. The van der Waals surface area contributed by atoms with Crippen LogP contribution in [0.5, 0.6) is 0 Å². The van der Waals surface area contributed by atoms with Gasteiger partial charge in [0.15, 0.2) is 12.1 Å². The van der Waals surface area contributed by atoms with Gasteiger partial charge >= 0.3 is 17.9 Å². The third-order valence-electron chi connectivity index (χ3n) is 11.7. The molecule has 0 rings (SSSR count). The Morgan fingerprint density at radius 3 is 1.22 bits per heavy atom. The summed E-state index contributed by atoms with van der Waals surface area (Å²) < 4.78 is 17.4. The van der Waals surface area contributed by atoms with Gasteiger partial charge in [-0.1, -0.05) is 199 Å². The molecular weight excluding hydrogens is 739 g/mol. The first-order chi connectivity index (χ1) is 28.6. The number of aliphatic carboxylic acids is 1. The largest absolute Gasteiger partial charge is 0.477 e. The van der Waals surface area contributed by atoms with E-state index in [1.165, 1.54) is 173 Å². The number of quaternary nitrogens is 1. The maximum absolute atomic E-state index is 12.8. The van der Waals surface area contributed by atoms with Crippen LogP contribution < -0.4 is 0 Å². The van der Waals surface area contributed by atoms with Crippen LogP contribution in [0.1, 0.15) is 245 Å². The number of esters is 2. The van der Waals surface area contributed by atoms with E-state index in [4.69, 9.17) is 14.2 Å². The molecule has 0 aliphatic rings. The maximum Gasteiger partial charge on any atom is 0.362 e. The molecule has 1 N–H and O–H groups in total. The molecule has 0 amide bonds. The number of carboxylic acid groups (broad SMARTS) is 1. The van der Waals surface area contributed by atoms with Crippen LogP contribution in [-0.4, -0.2) is 80.6 Å². The Bertz CT molecular complexity index is 978. The fourth-order valence-corrected chi connectivity index (χ4v) is 7.74. The highest BCUT2D eigenvalue weighted by Crippen LogP contribution is 2.16. The van der Waals surface area contributed by atoms with Gasteiger partial charge in [0.05, 0.1) is 34.4 Å². The molecule has 8 heteroatoms. The molecule has 0 aromatic heterocycles. The summed E-state index contributed by atoms with van der Waals surface area (Å²) in [5.41, 5.74) is 0. The Kier molecular flexibility index (Phi) is 41.3. The Morgan fingerprint density at radius 1 is 0.492 bits per heavy atom. The van der Waals surface area contributed by atoms with Gasteiger partial charge in [-0.05, 0) is 38.5 Å². The lowest BCUT2D eigenvalue weighted by atomic mass is 10.0. The standard InChI is InChI=1S/C51H97NO7/c1-6-8-10-12-14-16-18-20-22-23-24-25-26-28-29-31-33-35-37-39-41-49(53)58-46-47(45-57-44-43-48(51(55)56)52(3,4)5)59-50(54)42-40-38-36-34-32-30-27-21-19-17-15-13-11-9-7-2/h24-25,47-48H,6-23,26-46H2,1-5H3/p+1/b25-24+. The molecule has 0 bridgehead atoms. The summed E-state index contributed by atoms with van der Waals surface area (Å²) in [4.78, 5) is 37.1. The zero-order valence-electron chi connectivity index (χ0n) is 39.7. The van der Waals surface area contributed by atoms with Crippen molar-refractivity contribution >= 4 is 17.9 Å². The highest BCUT2D eigenvalue weighted by atomic mass is 16.6. The number of carbonyl (C=O) groups is 3. The van der Waals surface area contributed by atoms with Crippen LogP contribution in [0.25, 0.3) is 0 Å². The van der Waals surface area contributed by atoms with Crippen LogP contribution in [-0.2, 0) is 28.6 Å². The normalized spacial score (nSPS) is 12.9. The van der Waals surface area contributed by atoms with Crippen LogP contribution in [0.3, 0.4) is 0 Å². The monoisotopic (exact) mass is 837 g/mol. The second-order valence-corrected chi connectivity index (χ2v) is 18.4. The molecule has 0 aliphatic carbocycles. The van der Waals surface area contributed by atoms with E-state index >= 15 is 0 Å². The van der Waals surface area contributed by atoms with Crippen LogP contribution in [0.15, 0.2) is 12.2 Å². The molecule has 0 saturated carbocycles. The molecule has 0 radical (unpaired) electrons. The van der Waals surface area contributed by atoms with Crippen LogP contribution in [0.2, 0.25) is 0 Å². The van der Waals surface area contributed by atoms with Gasteiger partial charge in [0, 0.05) is 19.3 Å². The minimum atomic E-state index is -0.871. The quantitative estimate of drug-likeness (QED) is 0.0282. The minimum Gasteiger partial charge on any atom is -0.477 e. The van der Waals surface area contributed by atoms with Gasteiger partial charge in [-0.25, -0.2) is 4.79 Å². The smallest absolute Gasteiger partial charge is 0.362 e. The number of rotatable bonds is 46. The van der Waals surface area contributed by atoms with Crippen molar-refractivity contribution in [1.82, 2.24) is 0 Å². The third-order valence-corrected chi connectivity index (χ3v) is 11.7. The average Bonchev–Trinajstić information content (AvgIpc) is 3.19. The van der Waals surface area contributed by atoms with Crippen molar-refractivity contribution < 1.29 is 38.2 Å². The van der Waals surface area contributed by atoms with E-state index in [1.807, 2.05) is 21.1 Å². The van der Waals surface area contributed by atoms with Gasteiger partial charge in [0.25, 0.3) is 0 Å². The second-order valence-electron chi connectivity index (χ2n) is 18.4. The molecule has 0 aliphatic heterocycles. The SMILES string of the molecule is CCCCCCCCCCC/C=C/CCCCCCCCCC(=O)OCC(COCCC(C(=O)O)[N+](C)(C)C)OC(=O)CCCCCCCCCCCCCCCCC. The number of hydrogen-bond donors (Lipinski definition) is 1. The van der Waals surface area contributed by atoms with Crippen molar-refractivity contribution in [1.29, 1.82) is 0 Å². The summed E-state index contributed by atoms with van der Waals surface area (Å²) >= 11 is 0. The molecular formula is C51H98NO7+. The highest BCUT2D eigenvalue weighted by Gasteiger charge is 2.31. The summed E-state index contributed by atoms with van der Waals surface area (Å²) in [6.45, 7) is 4.78. The van der Waals surface area contributed by atoms with Crippen molar-refractivity contribution in [3.63, 3.8) is 0 Å². The van der Waals surface area contributed by atoms with E-state index in [-0.39, 0.29) is 36.2 Å². The first kappa shape index (κ1) is 57.1. The predicted octanol–water partition coefficient (Wildman–Crippen LogP) is 14.3.